The number of benzene rings is 1. The van der Waals surface area contributed by atoms with Gasteiger partial charge in [-0.3, -0.25) is 9.88 Å². The van der Waals surface area contributed by atoms with Gasteiger partial charge in [-0.05, 0) is 43.2 Å². The number of rotatable bonds is 4. The Hall–Kier alpha value is -1.76. The van der Waals surface area contributed by atoms with Gasteiger partial charge in [0.2, 0.25) is 10.0 Å². The quantitative estimate of drug-likeness (QED) is 0.854. The van der Waals surface area contributed by atoms with Crippen molar-refractivity contribution < 1.29 is 8.42 Å². The summed E-state index contributed by atoms with van der Waals surface area (Å²) in [5.74, 6) is 0. The molecule has 1 fully saturated rings. The molecule has 0 radical (unpaired) electrons. The molecule has 0 spiro atoms. The van der Waals surface area contributed by atoms with Crippen LogP contribution in [-0.4, -0.2) is 48.8 Å². The van der Waals surface area contributed by atoms with Crippen molar-refractivity contribution in [3.05, 3.63) is 60.4 Å². The Morgan fingerprint density at radius 1 is 0.958 bits per heavy atom. The van der Waals surface area contributed by atoms with Crippen LogP contribution in [0.4, 0.5) is 0 Å². The lowest BCUT2D eigenvalue weighted by molar-refractivity contribution is 0.221. The van der Waals surface area contributed by atoms with Crippen LogP contribution >= 0.6 is 0 Å². The molecule has 1 aliphatic heterocycles. The van der Waals surface area contributed by atoms with Crippen LogP contribution in [0.2, 0.25) is 0 Å². The van der Waals surface area contributed by atoms with Crippen molar-refractivity contribution in [1.29, 1.82) is 0 Å². The van der Waals surface area contributed by atoms with E-state index in [4.69, 9.17) is 0 Å². The zero-order valence-corrected chi connectivity index (χ0v) is 14.7. The Labute approximate surface area is 144 Å². The van der Waals surface area contributed by atoms with E-state index in [9.17, 15) is 8.42 Å². The van der Waals surface area contributed by atoms with Crippen molar-refractivity contribution in [2.24, 2.45) is 0 Å². The third-order valence-electron chi connectivity index (χ3n) is 4.61. The second kappa shape index (κ2) is 7.42. The van der Waals surface area contributed by atoms with Crippen LogP contribution in [0.15, 0.2) is 59.8 Å². The molecule has 0 N–H and O–H groups in total. The van der Waals surface area contributed by atoms with Gasteiger partial charge < -0.3 is 0 Å². The first kappa shape index (κ1) is 17.1. The SMILES string of the molecule is CC(c1ccncc1)N1CCCN(S(=O)(=O)c2ccccc2)CC1. The average molecular weight is 345 g/mol. The third kappa shape index (κ3) is 3.66. The summed E-state index contributed by atoms with van der Waals surface area (Å²) >= 11 is 0. The molecular weight excluding hydrogens is 322 g/mol. The van der Waals surface area contributed by atoms with E-state index in [0.29, 0.717) is 18.0 Å². The van der Waals surface area contributed by atoms with Crippen LogP contribution in [0.5, 0.6) is 0 Å². The van der Waals surface area contributed by atoms with Gasteiger partial charge in [0.25, 0.3) is 0 Å². The molecule has 0 amide bonds. The molecule has 1 unspecified atom stereocenters. The molecule has 0 saturated carbocycles. The largest absolute Gasteiger partial charge is 0.295 e. The van der Waals surface area contributed by atoms with Crippen molar-refractivity contribution in [2.45, 2.75) is 24.3 Å². The van der Waals surface area contributed by atoms with Crippen molar-refractivity contribution in [1.82, 2.24) is 14.2 Å². The zero-order chi connectivity index (χ0) is 17.0. The van der Waals surface area contributed by atoms with Crippen molar-refractivity contribution in [3.8, 4) is 0 Å². The van der Waals surface area contributed by atoms with E-state index in [2.05, 4.69) is 16.8 Å². The molecule has 5 nitrogen and oxygen atoms in total. The Kier molecular flexibility index (Phi) is 5.28. The molecule has 1 saturated heterocycles. The zero-order valence-electron chi connectivity index (χ0n) is 13.9. The average Bonchev–Trinajstić information content (AvgIpc) is 2.89. The number of nitrogens with zero attached hydrogens (tertiary/aromatic N) is 3. The highest BCUT2D eigenvalue weighted by Crippen LogP contribution is 2.23. The predicted molar refractivity (Wildman–Crippen MR) is 94.0 cm³/mol. The van der Waals surface area contributed by atoms with Crippen LogP contribution in [0.3, 0.4) is 0 Å². The van der Waals surface area contributed by atoms with Gasteiger partial charge in [0.15, 0.2) is 0 Å². The lowest BCUT2D eigenvalue weighted by Crippen LogP contribution is -2.35. The minimum absolute atomic E-state index is 0.257. The molecule has 1 aromatic heterocycles. The Bertz CT molecular complexity index is 750. The summed E-state index contributed by atoms with van der Waals surface area (Å²) in [6.07, 6.45) is 4.44. The highest BCUT2D eigenvalue weighted by molar-refractivity contribution is 7.89. The number of hydrogen-bond donors (Lipinski definition) is 0. The van der Waals surface area contributed by atoms with E-state index in [1.54, 1.807) is 41.0 Å². The van der Waals surface area contributed by atoms with E-state index < -0.39 is 10.0 Å². The van der Waals surface area contributed by atoms with E-state index >= 15 is 0 Å². The summed E-state index contributed by atoms with van der Waals surface area (Å²) < 4.78 is 27.2. The molecule has 1 aliphatic rings. The highest BCUT2D eigenvalue weighted by Gasteiger charge is 2.28. The fraction of sp³-hybridized carbons (Fsp3) is 0.389. The van der Waals surface area contributed by atoms with E-state index in [1.165, 1.54) is 5.56 Å². The predicted octanol–water partition coefficient (Wildman–Crippen LogP) is 2.54. The molecule has 6 heteroatoms. The Morgan fingerprint density at radius 3 is 2.38 bits per heavy atom. The summed E-state index contributed by atoms with van der Waals surface area (Å²) in [4.78, 5) is 6.78. The second-order valence-corrected chi connectivity index (χ2v) is 8.00. The summed E-state index contributed by atoms with van der Waals surface area (Å²) in [7, 11) is -3.40. The van der Waals surface area contributed by atoms with E-state index in [1.807, 2.05) is 18.2 Å². The second-order valence-electron chi connectivity index (χ2n) is 6.06. The minimum atomic E-state index is -3.40. The normalized spacial score (nSPS) is 18.9. The van der Waals surface area contributed by atoms with Gasteiger partial charge in [0.1, 0.15) is 0 Å². The fourth-order valence-electron chi connectivity index (χ4n) is 3.14. The molecule has 1 aromatic carbocycles. The summed E-state index contributed by atoms with van der Waals surface area (Å²) in [6, 6.07) is 13.0. The lowest BCUT2D eigenvalue weighted by Gasteiger charge is -2.28. The molecule has 24 heavy (non-hydrogen) atoms. The van der Waals surface area contributed by atoms with Crippen LogP contribution in [-0.2, 0) is 10.0 Å². The monoisotopic (exact) mass is 345 g/mol. The molecule has 2 aromatic rings. The molecule has 2 heterocycles. The smallest absolute Gasteiger partial charge is 0.243 e. The first-order chi connectivity index (χ1) is 11.6. The number of aromatic nitrogens is 1. The number of hydrogen-bond acceptors (Lipinski definition) is 4. The van der Waals surface area contributed by atoms with Crippen LogP contribution < -0.4 is 0 Å². The van der Waals surface area contributed by atoms with E-state index in [-0.39, 0.29) is 6.04 Å². The first-order valence-electron chi connectivity index (χ1n) is 8.28. The fourth-order valence-corrected chi connectivity index (χ4v) is 4.63. The number of pyridine rings is 1. The molecule has 128 valence electrons. The van der Waals surface area contributed by atoms with Gasteiger partial charge in [-0.15, -0.1) is 0 Å². The maximum Gasteiger partial charge on any atom is 0.243 e. The third-order valence-corrected chi connectivity index (χ3v) is 6.52. The molecule has 1 atom stereocenters. The first-order valence-corrected chi connectivity index (χ1v) is 9.72. The Morgan fingerprint density at radius 2 is 1.67 bits per heavy atom. The van der Waals surface area contributed by atoms with Gasteiger partial charge in [0.05, 0.1) is 4.90 Å². The van der Waals surface area contributed by atoms with Crippen LogP contribution in [0.1, 0.15) is 24.9 Å². The van der Waals surface area contributed by atoms with Gasteiger partial charge >= 0.3 is 0 Å². The Balaban J connectivity index is 1.71. The highest BCUT2D eigenvalue weighted by atomic mass is 32.2. The standard InChI is InChI=1S/C18H23N3O2S/c1-16(17-8-10-19-11-9-17)20-12-5-13-21(15-14-20)24(22,23)18-6-3-2-4-7-18/h2-4,6-11,16H,5,12-15H2,1H3. The molecule has 0 aliphatic carbocycles. The molecule has 0 bridgehead atoms. The van der Waals surface area contributed by atoms with Gasteiger partial charge in [-0.1, -0.05) is 18.2 Å². The maximum absolute atomic E-state index is 12.8. The van der Waals surface area contributed by atoms with E-state index in [0.717, 1.165) is 19.5 Å². The maximum atomic E-state index is 12.8. The summed E-state index contributed by atoms with van der Waals surface area (Å²) in [5.41, 5.74) is 1.21. The van der Waals surface area contributed by atoms with Crippen LogP contribution in [0, 0.1) is 0 Å². The molecule has 3 rings (SSSR count). The van der Waals surface area contributed by atoms with Crippen molar-refractivity contribution in [2.75, 3.05) is 26.2 Å². The van der Waals surface area contributed by atoms with Gasteiger partial charge in [-0.2, -0.15) is 4.31 Å². The summed E-state index contributed by atoms with van der Waals surface area (Å²) in [5, 5.41) is 0. The summed E-state index contributed by atoms with van der Waals surface area (Å²) in [6.45, 7) is 4.87. The van der Waals surface area contributed by atoms with Crippen molar-refractivity contribution >= 4 is 10.0 Å². The molecular formula is C18H23N3O2S. The van der Waals surface area contributed by atoms with Crippen LogP contribution in [0.25, 0.3) is 0 Å². The lowest BCUT2D eigenvalue weighted by atomic mass is 10.1. The van der Waals surface area contributed by atoms with Gasteiger partial charge in [-0.25, -0.2) is 8.42 Å². The van der Waals surface area contributed by atoms with Gasteiger partial charge in [0, 0.05) is 44.6 Å². The van der Waals surface area contributed by atoms with Crippen molar-refractivity contribution in [3.63, 3.8) is 0 Å². The topological polar surface area (TPSA) is 53.5 Å². The number of sulfonamides is 1. The minimum Gasteiger partial charge on any atom is -0.295 e.